The number of anilines is 2. The van der Waals surface area contributed by atoms with Gasteiger partial charge in [0.2, 0.25) is 15.9 Å². The Balaban J connectivity index is 2.27. The summed E-state index contributed by atoms with van der Waals surface area (Å²) in [4.78, 5) is 12.3. The number of rotatable bonds is 5. The Morgan fingerprint density at radius 2 is 1.83 bits per heavy atom. The van der Waals surface area contributed by atoms with E-state index < -0.39 is 15.9 Å². The number of carbonyl (C=O) groups is 1. The van der Waals surface area contributed by atoms with Crippen LogP contribution in [0.2, 0.25) is 10.0 Å². The first kappa shape index (κ1) is 18.6. The Kier molecular flexibility index (Phi) is 5.74. The lowest BCUT2D eigenvalue weighted by atomic mass is 10.2. The van der Waals surface area contributed by atoms with Crippen LogP contribution < -0.4 is 9.62 Å². The Hall–Kier alpha value is -1.76. The highest BCUT2D eigenvalue weighted by Gasteiger charge is 2.22. The number of amides is 1. The molecule has 0 radical (unpaired) electrons. The minimum atomic E-state index is -3.65. The van der Waals surface area contributed by atoms with Crippen LogP contribution in [0.25, 0.3) is 0 Å². The number of para-hydroxylation sites is 1. The van der Waals surface area contributed by atoms with Crippen molar-refractivity contribution in [2.45, 2.75) is 6.92 Å². The van der Waals surface area contributed by atoms with Crippen LogP contribution in [0, 0.1) is 6.92 Å². The lowest BCUT2D eigenvalue weighted by Gasteiger charge is -2.23. The topological polar surface area (TPSA) is 66.5 Å². The molecule has 128 valence electrons. The average Bonchev–Trinajstić information content (AvgIpc) is 2.47. The molecule has 0 bridgehead atoms. The molecule has 1 amide bonds. The number of nitrogens with one attached hydrogen (secondary N) is 1. The molecule has 24 heavy (non-hydrogen) atoms. The largest absolute Gasteiger partial charge is 0.323 e. The van der Waals surface area contributed by atoms with Gasteiger partial charge in [-0.15, -0.1) is 0 Å². The average molecular weight is 387 g/mol. The van der Waals surface area contributed by atoms with Crippen LogP contribution in [0.5, 0.6) is 0 Å². The van der Waals surface area contributed by atoms with E-state index in [1.54, 1.807) is 49.4 Å². The Bertz CT molecular complexity index is 869. The Morgan fingerprint density at radius 1 is 1.17 bits per heavy atom. The molecule has 0 heterocycles. The quantitative estimate of drug-likeness (QED) is 0.851. The van der Waals surface area contributed by atoms with Crippen molar-refractivity contribution in [2.24, 2.45) is 0 Å². The van der Waals surface area contributed by atoms with Crippen molar-refractivity contribution in [3.63, 3.8) is 0 Å². The summed E-state index contributed by atoms with van der Waals surface area (Å²) in [5, 5.41) is 3.48. The number of hydrogen-bond acceptors (Lipinski definition) is 3. The van der Waals surface area contributed by atoms with Gasteiger partial charge in [0.15, 0.2) is 0 Å². The van der Waals surface area contributed by atoms with Gasteiger partial charge >= 0.3 is 0 Å². The molecule has 0 saturated carbocycles. The van der Waals surface area contributed by atoms with Gasteiger partial charge in [-0.3, -0.25) is 9.10 Å². The van der Waals surface area contributed by atoms with Crippen molar-refractivity contribution >= 4 is 50.5 Å². The molecule has 2 aromatic rings. The van der Waals surface area contributed by atoms with Gasteiger partial charge in [0.05, 0.1) is 22.7 Å². The summed E-state index contributed by atoms with van der Waals surface area (Å²) in [7, 11) is -3.65. The van der Waals surface area contributed by atoms with E-state index in [0.29, 0.717) is 27.0 Å². The number of hydrogen-bond donors (Lipinski definition) is 1. The van der Waals surface area contributed by atoms with Crippen molar-refractivity contribution in [3.05, 3.63) is 58.1 Å². The molecule has 0 saturated heterocycles. The highest BCUT2D eigenvalue weighted by Crippen LogP contribution is 2.26. The third-order valence-electron chi connectivity index (χ3n) is 3.26. The van der Waals surface area contributed by atoms with E-state index >= 15 is 0 Å². The van der Waals surface area contributed by atoms with E-state index in [9.17, 15) is 13.2 Å². The van der Waals surface area contributed by atoms with Gasteiger partial charge < -0.3 is 5.32 Å². The van der Waals surface area contributed by atoms with Gasteiger partial charge in [-0.25, -0.2) is 8.42 Å². The molecule has 0 unspecified atom stereocenters. The van der Waals surface area contributed by atoms with E-state index in [-0.39, 0.29) is 6.54 Å². The van der Waals surface area contributed by atoms with E-state index in [2.05, 4.69) is 5.32 Å². The van der Waals surface area contributed by atoms with Gasteiger partial charge in [-0.05, 0) is 42.8 Å². The van der Waals surface area contributed by atoms with E-state index in [1.165, 1.54) is 0 Å². The first-order valence-corrected chi connectivity index (χ1v) is 9.57. The third kappa shape index (κ3) is 4.63. The molecule has 0 atom stereocenters. The number of benzene rings is 2. The van der Waals surface area contributed by atoms with E-state index in [0.717, 1.165) is 10.6 Å². The van der Waals surface area contributed by atoms with E-state index in [1.807, 2.05) is 0 Å². The molecule has 0 aliphatic carbocycles. The molecule has 0 spiro atoms. The molecular formula is C16H16Cl2N2O3S. The lowest BCUT2D eigenvalue weighted by molar-refractivity contribution is -0.114. The molecule has 8 heteroatoms. The monoisotopic (exact) mass is 386 g/mol. The molecule has 0 aliphatic rings. The van der Waals surface area contributed by atoms with Gasteiger partial charge in [-0.2, -0.15) is 0 Å². The van der Waals surface area contributed by atoms with Gasteiger partial charge in [0.25, 0.3) is 0 Å². The summed E-state index contributed by atoms with van der Waals surface area (Å²) in [5.41, 5.74) is 1.47. The van der Waals surface area contributed by atoms with E-state index in [4.69, 9.17) is 23.2 Å². The van der Waals surface area contributed by atoms with Gasteiger partial charge in [0, 0.05) is 5.02 Å². The standard InChI is InChI=1S/C16H16Cl2N2O3S/c1-11-9-12(17)7-8-15(11)20(24(2,22)23)10-16(21)19-14-6-4-3-5-13(14)18/h3-9H,10H2,1-2H3,(H,19,21). The maximum absolute atomic E-state index is 12.3. The minimum absolute atomic E-state index is 0.369. The van der Waals surface area contributed by atoms with Gasteiger partial charge in [0.1, 0.15) is 6.54 Å². The summed E-state index contributed by atoms with van der Waals surface area (Å²) in [6.07, 6.45) is 1.05. The molecule has 0 fully saturated rings. The molecule has 2 rings (SSSR count). The predicted octanol–water partition coefficient (Wildman–Crippen LogP) is 3.71. The van der Waals surface area contributed by atoms with Crippen molar-refractivity contribution in [1.82, 2.24) is 0 Å². The van der Waals surface area contributed by atoms with Crippen molar-refractivity contribution < 1.29 is 13.2 Å². The number of nitrogens with zero attached hydrogens (tertiary/aromatic N) is 1. The highest BCUT2D eigenvalue weighted by atomic mass is 35.5. The fourth-order valence-corrected chi connectivity index (χ4v) is 3.49. The summed E-state index contributed by atoms with van der Waals surface area (Å²) >= 11 is 11.9. The van der Waals surface area contributed by atoms with Crippen molar-refractivity contribution in [3.8, 4) is 0 Å². The second kappa shape index (κ2) is 7.42. The first-order chi connectivity index (χ1) is 11.2. The third-order valence-corrected chi connectivity index (χ3v) is 4.95. The fraction of sp³-hybridized carbons (Fsp3) is 0.188. The molecule has 0 aliphatic heterocycles. The highest BCUT2D eigenvalue weighted by molar-refractivity contribution is 7.92. The Labute approximate surface area is 151 Å². The summed E-state index contributed by atoms with van der Waals surface area (Å²) in [6.45, 7) is 1.36. The zero-order chi connectivity index (χ0) is 17.9. The summed E-state index contributed by atoms with van der Waals surface area (Å²) in [6, 6.07) is 11.5. The number of halogens is 2. The second-order valence-corrected chi connectivity index (χ2v) is 7.98. The van der Waals surface area contributed by atoms with Gasteiger partial charge in [-0.1, -0.05) is 35.3 Å². The second-order valence-electron chi connectivity index (χ2n) is 5.23. The van der Waals surface area contributed by atoms with Crippen molar-refractivity contribution in [1.29, 1.82) is 0 Å². The molecule has 2 aromatic carbocycles. The number of carbonyl (C=O) groups excluding carboxylic acids is 1. The predicted molar refractivity (Wildman–Crippen MR) is 98.5 cm³/mol. The lowest BCUT2D eigenvalue weighted by Crippen LogP contribution is -2.37. The van der Waals surface area contributed by atoms with Crippen LogP contribution in [0.15, 0.2) is 42.5 Å². The SMILES string of the molecule is Cc1cc(Cl)ccc1N(CC(=O)Nc1ccccc1Cl)S(C)(=O)=O. The van der Waals surface area contributed by atoms with Crippen LogP contribution in [0.4, 0.5) is 11.4 Å². The van der Waals surface area contributed by atoms with Crippen LogP contribution in [-0.2, 0) is 14.8 Å². The fourth-order valence-electron chi connectivity index (χ4n) is 2.16. The maximum Gasteiger partial charge on any atom is 0.245 e. The van der Waals surface area contributed by atoms with Crippen LogP contribution in [0.3, 0.4) is 0 Å². The first-order valence-electron chi connectivity index (χ1n) is 6.97. The molecule has 1 N–H and O–H groups in total. The zero-order valence-corrected chi connectivity index (χ0v) is 15.4. The minimum Gasteiger partial charge on any atom is -0.323 e. The normalized spacial score (nSPS) is 11.2. The zero-order valence-electron chi connectivity index (χ0n) is 13.1. The smallest absolute Gasteiger partial charge is 0.245 e. The Morgan fingerprint density at radius 3 is 2.42 bits per heavy atom. The number of aryl methyl sites for hydroxylation is 1. The van der Waals surface area contributed by atoms with Crippen LogP contribution >= 0.6 is 23.2 Å². The van der Waals surface area contributed by atoms with Crippen molar-refractivity contribution in [2.75, 3.05) is 22.4 Å². The van der Waals surface area contributed by atoms with Crippen LogP contribution in [0.1, 0.15) is 5.56 Å². The molecule has 5 nitrogen and oxygen atoms in total. The molecule has 0 aromatic heterocycles. The number of sulfonamides is 1. The summed E-state index contributed by atoms with van der Waals surface area (Å²) in [5.74, 6) is -0.497. The molecular weight excluding hydrogens is 371 g/mol. The summed E-state index contributed by atoms with van der Waals surface area (Å²) < 4.78 is 25.3. The van der Waals surface area contributed by atoms with Crippen LogP contribution in [-0.4, -0.2) is 27.1 Å². The maximum atomic E-state index is 12.3.